The summed E-state index contributed by atoms with van der Waals surface area (Å²) >= 11 is 13.5. The van der Waals surface area contributed by atoms with Gasteiger partial charge in [-0.1, -0.05) is 35.3 Å². The molecule has 0 saturated carbocycles. The van der Waals surface area contributed by atoms with Gasteiger partial charge in [0.05, 0.1) is 16.6 Å². The van der Waals surface area contributed by atoms with Crippen LogP contribution >= 0.6 is 34.5 Å². The number of thiophene rings is 1. The topological polar surface area (TPSA) is 21.3 Å². The number of anilines is 1. The van der Waals surface area contributed by atoms with E-state index in [1.807, 2.05) is 18.2 Å². The molecular weight excluding hydrogens is 289 g/mol. The molecule has 2 nitrogen and oxygen atoms in total. The van der Waals surface area contributed by atoms with Gasteiger partial charge in [0.25, 0.3) is 0 Å². The molecule has 94 valence electrons. The number of fused-ring (bicyclic) bond motifs is 1. The van der Waals surface area contributed by atoms with Crippen LogP contribution in [0.4, 0.5) is 5.69 Å². The minimum absolute atomic E-state index is 0.0875. The first kappa shape index (κ1) is 12.2. The molecule has 2 heterocycles. The highest BCUT2D eigenvalue weighted by Gasteiger charge is 2.25. The summed E-state index contributed by atoms with van der Waals surface area (Å²) in [6, 6.07) is 7.88. The highest BCUT2D eigenvalue weighted by molar-refractivity contribution is 7.20. The van der Waals surface area contributed by atoms with Gasteiger partial charge in [-0.2, -0.15) is 0 Å². The predicted molar refractivity (Wildman–Crippen MR) is 77.4 cm³/mol. The number of halogens is 2. The maximum Gasteiger partial charge on any atom is 0.143 e. The molecule has 0 bridgehead atoms. The van der Waals surface area contributed by atoms with Gasteiger partial charge in [-0.25, -0.2) is 0 Å². The molecule has 1 N–H and O–H groups in total. The minimum Gasteiger partial charge on any atom is -0.482 e. The molecule has 1 aromatic carbocycles. The highest BCUT2D eigenvalue weighted by atomic mass is 35.5. The number of aryl methyl sites for hydroxylation is 1. The molecule has 1 aromatic heterocycles. The molecule has 0 aliphatic carbocycles. The second kappa shape index (κ2) is 4.65. The van der Waals surface area contributed by atoms with E-state index in [2.05, 4.69) is 18.3 Å². The van der Waals surface area contributed by atoms with Crippen molar-refractivity contribution in [2.75, 3.05) is 11.9 Å². The lowest BCUT2D eigenvalue weighted by atomic mass is 10.1. The first-order valence-corrected chi connectivity index (χ1v) is 7.17. The van der Waals surface area contributed by atoms with Gasteiger partial charge in [0.2, 0.25) is 0 Å². The lowest BCUT2D eigenvalue weighted by molar-refractivity contribution is 0.211. The summed E-state index contributed by atoms with van der Waals surface area (Å²) in [7, 11) is 0. The van der Waals surface area contributed by atoms with E-state index in [0.29, 0.717) is 15.2 Å². The zero-order valence-corrected chi connectivity index (χ0v) is 12.0. The van der Waals surface area contributed by atoms with E-state index in [1.165, 1.54) is 16.9 Å². The fraction of sp³-hybridized carbons (Fsp3) is 0.231. The van der Waals surface area contributed by atoms with Crippen LogP contribution in [0.1, 0.15) is 17.2 Å². The Bertz CT molecular complexity index is 597. The highest BCUT2D eigenvalue weighted by Crippen LogP contribution is 2.41. The van der Waals surface area contributed by atoms with Crippen molar-refractivity contribution in [3.63, 3.8) is 0 Å². The van der Waals surface area contributed by atoms with Crippen LogP contribution in [0.15, 0.2) is 24.3 Å². The van der Waals surface area contributed by atoms with Crippen LogP contribution in [0, 0.1) is 6.92 Å². The molecule has 0 saturated heterocycles. The standard InChI is InChI=1S/C13H11Cl2NOS/c1-7-3-2-4-9-12(7)16-6-10(17-9)8-5-11(14)18-13(8)15/h2-5,10,16H,6H2,1H3. The van der Waals surface area contributed by atoms with E-state index in [0.717, 1.165) is 17.0 Å². The molecule has 1 atom stereocenters. The summed E-state index contributed by atoms with van der Waals surface area (Å²) in [5.41, 5.74) is 3.19. The lowest BCUT2D eigenvalue weighted by Gasteiger charge is -2.28. The van der Waals surface area contributed by atoms with E-state index < -0.39 is 0 Å². The summed E-state index contributed by atoms with van der Waals surface area (Å²) < 4.78 is 7.38. The van der Waals surface area contributed by atoms with Gasteiger partial charge < -0.3 is 10.1 Å². The van der Waals surface area contributed by atoms with Crippen LogP contribution < -0.4 is 10.1 Å². The number of hydrogen-bond donors (Lipinski definition) is 1. The lowest BCUT2D eigenvalue weighted by Crippen LogP contribution is -2.23. The fourth-order valence-electron chi connectivity index (χ4n) is 2.10. The second-order valence-electron chi connectivity index (χ2n) is 4.21. The number of hydrogen-bond acceptors (Lipinski definition) is 3. The Kier molecular flexibility index (Phi) is 3.14. The van der Waals surface area contributed by atoms with Crippen LogP contribution in [0.5, 0.6) is 5.75 Å². The van der Waals surface area contributed by atoms with Crippen molar-refractivity contribution in [1.29, 1.82) is 0 Å². The van der Waals surface area contributed by atoms with Gasteiger partial charge in [0.15, 0.2) is 0 Å². The van der Waals surface area contributed by atoms with Gasteiger partial charge >= 0.3 is 0 Å². The molecule has 3 rings (SSSR count). The number of para-hydroxylation sites is 1. The Morgan fingerprint density at radius 3 is 2.94 bits per heavy atom. The van der Waals surface area contributed by atoms with Crippen molar-refractivity contribution in [2.45, 2.75) is 13.0 Å². The molecule has 0 fully saturated rings. The smallest absolute Gasteiger partial charge is 0.143 e. The molecule has 5 heteroatoms. The zero-order valence-electron chi connectivity index (χ0n) is 9.67. The van der Waals surface area contributed by atoms with Crippen molar-refractivity contribution in [3.05, 3.63) is 44.1 Å². The Hall–Kier alpha value is -0.900. The fourth-order valence-corrected chi connectivity index (χ4v) is 3.66. The summed E-state index contributed by atoms with van der Waals surface area (Å²) in [5, 5.41) is 3.39. The molecule has 0 radical (unpaired) electrons. The third kappa shape index (κ3) is 2.07. The average molecular weight is 300 g/mol. The zero-order chi connectivity index (χ0) is 12.7. The molecular formula is C13H11Cl2NOS. The Labute approximate surface area is 119 Å². The van der Waals surface area contributed by atoms with E-state index in [-0.39, 0.29) is 6.10 Å². The van der Waals surface area contributed by atoms with E-state index in [9.17, 15) is 0 Å². The Morgan fingerprint density at radius 1 is 1.39 bits per heavy atom. The first-order valence-electron chi connectivity index (χ1n) is 5.60. The maximum atomic E-state index is 6.16. The van der Waals surface area contributed by atoms with Crippen LogP contribution in [-0.2, 0) is 0 Å². The summed E-state index contributed by atoms with van der Waals surface area (Å²) in [6.07, 6.45) is -0.0875. The molecule has 0 amide bonds. The maximum absolute atomic E-state index is 6.16. The second-order valence-corrected chi connectivity index (χ2v) is 6.50. The van der Waals surface area contributed by atoms with Crippen LogP contribution in [0.3, 0.4) is 0 Å². The largest absolute Gasteiger partial charge is 0.482 e. The quantitative estimate of drug-likeness (QED) is 0.808. The number of rotatable bonds is 1. The van der Waals surface area contributed by atoms with Crippen LogP contribution in [0.2, 0.25) is 8.67 Å². The van der Waals surface area contributed by atoms with Crippen molar-refractivity contribution in [3.8, 4) is 5.75 Å². The van der Waals surface area contributed by atoms with Crippen molar-refractivity contribution in [2.24, 2.45) is 0 Å². The van der Waals surface area contributed by atoms with Gasteiger partial charge in [-0.3, -0.25) is 0 Å². The predicted octanol–water partition coefficient (Wildman–Crippen LogP) is 4.91. The monoisotopic (exact) mass is 299 g/mol. The van der Waals surface area contributed by atoms with Crippen molar-refractivity contribution in [1.82, 2.24) is 0 Å². The molecule has 0 spiro atoms. The first-order chi connectivity index (χ1) is 8.65. The molecule has 1 aliphatic rings. The van der Waals surface area contributed by atoms with Crippen molar-refractivity contribution >= 4 is 40.2 Å². The summed E-state index contributed by atoms with van der Waals surface area (Å²) in [6.45, 7) is 2.76. The number of ether oxygens (including phenoxy) is 1. The van der Waals surface area contributed by atoms with Gasteiger partial charge in [0, 0.05) is 5.56 Å². The number of nitrogens with one attached hydrogen (secondary N) is 1. The van der Waals surface area contributed by atoms with Gasteiger partial charge in [-0.15, -0.1) is 11.3 Å². The Morgan fingerprint density at radius 2 is 2.22 bits per heavy atom. The number of benzene rings is 1. The normalized spacial score (nSPS) is 17.8. The van der Waals surface area contributed by atoms with E-state index in [1.54, 1.807) is 0 Å². The molecule has 1 aliphatic heterocycles. The SMILES string of the molecule is Cc1cccc2c1NCC(c1cc(Cl)sc1Cl)O2. The molecule has 2 aromatic rings. The Balaban J connectivity index is 1.94. The van der Waals surface area contributed by atoms with Crippen molar-refractivity contribution < 1.29 is 4.74 Å². The van der Waals surface area contributed by atoms with E-state index >= 15 is 0 Å². The third-order valence-corrected chi connectivity index (χ3v) is 4.52. The van der Waals surface area contributed by atoms with Crippen LogP contribution in [-0.4, -0.2) is 6.54 Å². The van der Waals surface area contributed by atoms with Gasteiger partial charge in [0.1, 0.15) is 16.2 Å². The minimum atomic E-state index is -0.0875. The van der Waals surface area contributed by atoms with E-state index in [4.69, 9.17) is 27.9 Å². The molecule has 1 unspecified atom stereocenters. The molecule has 18 heavy (non-hydrogen) atoms. The summed E-state index contributed by atoms with van der Waals surface area (Å²) in [5.74, 6) is 0.865. The third-order valence-electron chi connectivity index (χ3n) is 3.00. The van der Waals surface area contributed by atoms with Crippen LogP contribution in [0.25, 0.3) is 0 Å². The average Bonchev–Trinajstić information content (AvgIpc) is 2.68. The van der Waals surface area contributed by atoms with Gasteiger partial charge in [-0.05, 0) is 24.6 Å². The summed E-state index contributed by atoms with van der Waals surface area (Å²) in [4.78, 5) is 0.